The number of hydrogen-bond acceptors (Lipinski definition) is 6. The van der Waals surface area contributed by atoms with Gasteiger partial charge in [0.05, 0.1) is 18.3 Å². The van der Waals surface area contributed by atoms with Crippen molar-refractivity contribution in [2.75, 3.05) is 0 Å². The molecular formula is C34H58O6. The van der Waals surface area contributed by atoms with Gasteiger partial charge in [0.25, 0.3) is 0 Å². The monoisotopic (exact) mass is 562 g/mol. The summed E-state index contributed by atoms with van der Waals surface area (Å²) >= 11 is 0. The van der Waals surface area contributed by atoms with Crippen molar-refractivity contribution >= 4 is 0 Å². The molecule has 230 valence electrons. The number of allylic oxidation sites excluding steroid dienone is 1. The van der Waals surface area contributed by atoms with Gasteiger partial charge in [0.15, 0.2) is 6.29 Å². The smallest absolute Gasteiger partial charge is 0.186 e. The number of aliphatic hydroxyl groups is 4. The lowest BCUT2D eigenvalue weighted by Gasteiger charge is -2.58. The number of hydrogen-bond donors (Lipinski definition) is 4. The third-order valence-electron chi connectivity index (χ3n) is 13.1. The summed E-state index contributed by atoms with van der Waals surface area (Å²) < 4.78 is 12.0. The first kappa shape index (κ1) is 30.9. The maximum atomic E-state index is 11.5. The molecule has 40 heavy (non-hydrogen) atoms. The Morgan fingerprint density at radius 2 is 1.68 bits per heavy atom. The Morgan fingerprint density at radius 1 is 0.950 bits per heavy atom. The molecule has 1 heterocycles. The van der Waals surface area contributed by atoms with E-state index in [4.69, 9.17) is 9.47 Å². The normalized spacial score (nSPS) is 50.5. The number of fused-ring (bicyclic) bond motifs is 5. The van der Waals surface area contributed by atoms with Gasteiger partial charge in [0, 0.05) is 0 Å². The summed E-state index contributed by atoms with van der Waals surface area (Å²) in [5.41, 5.74) is 1.86. The quantitative estimate of drug-likeness (QED) is 0.308. The molecule has 0 amide bonds. The summed E-state index contributed by atoms with van der Waals surface area (Å²) in [6.45, 7) is 16.1. The van der Waals surface area contributed by atoms with Crippen LogP contribution in [0.2, 0.25) is 0 Å². The van der Waals surface area contributed by atoms with Gasteiger partial charge in [0.2, 0.25) is 0 Å². The second kappa shape index (κ2) is 11.5. The summed E-state index contributed by atoms with van der Waals surface area (Å²) in [6.07, 6.45) is 6.87. The van der Waals surface area contributed by atoms with Crippen molar-refractivity contribution < 1.29 is 29.9 Å². The fourth-order valence-electron chi connectivity index (χ4n) is 10.2. The summed E-state index contributed by atoms with van der Waals surface area (Å²) in [4.78, 5) is 0. The van der Waals surface area contributed by atoms with Crippen LogP contribution in [0.25, 0.3) is 0 Å². The minimum absolute atomic E-state index is 0.0641. The van der Waals surface area contributed by atoms with Crippen LogP contribution in [0.4, 0.5) is 0 Å². The molecule has 6 heteroatoms. The second-order valence-corrected chi connectivity index (χ2v) is 15.6. The molecule has 4 N–H and O–H groups in total. The predicted octanol–water partition coefficient (Wildman–Crippen LogP) is 5.46. The molecule has 1 saturated heterocycles. The highest BCUT2D eigenvalue weighted by Gasteiger charge is 2.61. The predicted molar refractivity (Wildman–Crippen MR) is 156 cm³/mol. The van der Waals surface area contributed by atoms with E-state index >= 15 is 0 Å². The van der Waals surface area contributed by atoms with E-state index in [9.17, 15) is 20.4 Å². The minimum Gasteiger partial charge on any atom is -0.393 e. The van der Waals surface area contributed by atoms with Crippen LogP contribution in [-0.4, -0.2) is 63.3 Å². The number of ether oxygens (including phenoxy) is 2. The molecular weight excluding hydrogens is 504 g/mol. The average molecular weight is 563 g/mol. The van der Waals surface area contributed by atoms with E-state index in [0.717, 1.165) is 38.0 Å². The van der Waals surface area contributed by atoms with Gasteiger partial charge in [-0.15, -0.1) is 0 Å². The first-order chi connectivity index (χ1) is 18.8. The number of aliphatic hydroxyl groups excluding tert-OH is 4. The molecule has 0 radical (unpaired) electrons. The van der Waals surface area contributed by atoms with Crippen molar-refractivity contribution in [3.8, 4) is 0 Å². The Kier molecular flexibility index (Phi) is 8.93. The van der Waals surface area contributed by atoms with Crippen molar-refractivity contribution in [2.24, 2.45) is 52.3 Å². The zero-order chi connectivity index (χ0) is 29.1. The maximum absolute atomic E-state index is 11.5. The topological polar surface area (TPSA) is 99.4 Å². The standard InChI is InChI=1S/C34H58O6/c1-18(2)19(3)8-9-20(4)28-27(35)17-26-24-11-10-22-16-23(40-32-31(38)30(37)29(36)21(5)39-32)12-14-33(22,6)25(24)13-15-34(26,28)7/h10,18-21,23-32,35-38H,8-9,11-17H2,1-7H3/t19-,20+,21?,23-,24?,25?,26?,27-,28?,29?,30?,31?,32?,33-,34-/m0/s1. The lowest BCUT2D eigenvalue weighted by atomic mass is 9.47. The molecule has 3 saturated carbocycles. The fraction of sp³-hybridized carbons (Fsp3) is 0.941. The van der Waals surface area contributed by atoms with Crippen molar-refractivity contribution in [3.05, 3.63) is 11.6 Å². The largest absolute Gasteiger partial charge is 0.393 e. The third kappa shape index (κ3) is 5.26. The van der Waals surface area contributed by atoms with E-state index in [1.165, 1.54) is 31.3 Å². The molecule has 5 rings (SSSR count). The summed E-state index contributed by atoms with van der Waals surface area (Å²) in [5, 5.41) is 42.2. The van der Waals surface area contributed by atoms with E-state index in [1.807, 2.05) is 0 Å². The lowest BCUT2D eigenvalue weighted by molar-refractivity contribution is -0.305. The fourth-order valence-corrected chi connectivity index (χ4v) is 10.2. The van der Waals surface area contributed by atoms with Crippen LogP contribution in [0.1, 0.15) is 106 Å². The molecule has 0 bridgehead atoms. The molecule has 0 spiro atoms. The zero-order valence-electron chi connectivity index (χ0n) is 26.1. The van der Waals surface area contributed by atoms with E-state index in [2.05, 4.69) is 47.6 Å². The van der Waals surface area contributed by atoms with Crippen LogP contribution in [0.3, 0.4) is 0 Å². The van der Waals surface area contributed by atoms with E-state index in [-0.39, 0.29) is 23.0 Å². The van der Waals surface area contributed by atoms with Gasteiger partial charge in [-0.2, -0.15) is 0 Å². The Balaban J connectivity index is 1.26. The van der Waals surface area contributed by atoms with Gasteiger partial charge >= 0.3 is 0 Å². The van der Waals surface area contributed by atoms with E-state index < -0.39 is 30.7 Å². The van der Waals surface area contributed by atoms with Gasteiger partial charge in [-0.3, -0.25) is 0 Å². The second-order valence-electron chi connectivity index (χ2n) is 15.6. The first-order valence-corrected chi connectivity index (χ1v) is 16.5. The van der Waals surface area contributed by atoms with Crippen LogP contribution in [0.5, 0.6) is 0 Å². The summed E-state index contributed by atoms with van der Waals surface area (Å²) in [7, 11) is 0. The average Bonchev–Trinajstić information content (AvgIpc) is 3.18. The van der Waals surface area contributed by atoms with Crippen LogP contribution in [0, 0.1) is 52.3 Å². The molecule has 1 aliphatic heterocycles. The molecule has 0 aromatic carbocycles. The van der Waals surface area contributed by atoms with Gasteiger partial charge in [-0.25, -0.2) is 0 Å². The molecule has 4 fully saturated rings. The maximum Gasteiger partial charge on any atom is 0.186 e. The Morgan fingerprint density at radius 3 is 2.38 bits per heavy atom. The molecule has 4 aliphatic carbocycles. The zero-order valence-corrected chi connectivity index (χ0v) is 26.1. The molecule has 0 aromatic rings. The highest BCUT2D eigenvalue weighted by Crippen LogP contribution is 2.67. The van der Waals surface area contributed by atoms with Crippen LogP contribution >= 0.6 is 0 Å². The highest BCUT2D eigenvalue weighted by atomic mass is 16.7. The molecule has 9 unspecified atom stereocenters. The van der Waals surface area contributed by atoms with Crippen LogP contribution < -0.4 is 0 Å². The van der Waals surface area contributed by atoms with Crippen LogP contribution in [0.15, 0.2) is 11.6 Å². The van der Waals surface area contributed by atoms with Crippen molar-refractivity contribution in [2.45, 2.75) is 149 Å². The van der Waals surface area contributed by atoms with Gasteiger partial charge in [-0.1, -0.05) is 66.0 Å². The molecule has 6 nitrogen and oxygen atoms in total. The molecule has 5 aliphatic rings. The number of rotatable bonds is 7. The van der Waals surface area contributed by atoms with E-state index in [1.54, 1.807) is 6.92 Å². The lowest BCUT2D eigenvalue weighted by Crippen LogP contribution is -2.58. The highest BCUT2D eigenvalue weighted by molar-refractivity contribution is 5.26. The molecule has 0 aromatic heterocycles. The Hall–Kier alpha value is -0.500. The van der Waals surface area contributed by atoms with Crippen molar-refractivity contribution in [1.82, 2.24) is 0 Å². The van der Waals surface area contributed by atoms with E-state index in [0.29, 0.717) is 35.5 Å². The van der Waals surface area contributed by atoms with Gasteiger partial charge in [-0.05, 0) is 104 Å². The summed E-state index contributed by atoms with van der Waals surface area (Å²) in [6, 6.07) is 0. The minimum atomic E-state index is -1.26. The molecule has 15 atom stereocenters. The van der Waals surface area contributed by atoms with Crippen molar-refractivity contribution in [3.63, 3.8) is 0 Å². The summed E-state index contributed by atoms with van der Waals surface area (Å²) in [5.74, 6) is 4.26. The van der Waals surface area contributed by atoms with Gasteiger partial charge in [0.1, 0.15) is 18.3 Å². The first-order valence-electron chi connectivity index (χ1n) is 16.5. The van der Waals surface area contributed by atoms with Gasteiger partial charge < -0.3 is 29.9 Å². The van der Waals surface area contributed by atoms with Crippen LogP contribution in [-0.2, 0) is 9.47 Å². The third-order valence-corrected chi connectivity index (χ3v) is 13.1. The Bertz CT molecular complexity index is 920. The van der Waals surface area contributed by atoms with Crippen molar-refractivity contribution in [1.29, 1.82) is 0 Å². The Labute approximate surface area is 242 Å². The SMILES string of the molecule is CC1OC(O[C@H]2CC[C@@]3(C)C(=CCC4C5C[C@H](O)C([C@H](C)CC[C@H](C)C(C)C)[C@@]5(C)CCC43)C2)C(O)C(O)C1O.